The zero-order valence-electron chi connectivity index (χ0n) is 29.5. The Morgan fingerprint density at radius 1 is 0.442 bits per heavy atom. The van der Waals surface area contributed by atoms with E-state index in [1.807, 2.05) is 0 Å². The van der Waals surface area contributed by atoms with E-state index in [0.29, 0.717) is 0 Å². The molecule has 2 aliphatic carbocycles. The standard InChI is InChI=1S/C25H22P2.C12H23P.C2H3.4CO.2Fe/c1-5-13-22(14-6-1)26(23-15-7-2-8-16-23)21-27(24-17-9-3-10-18-24)25-19-11-4-12-20-25;1-3-7-11(8-4-1)13-12-9-5-2-6-10-12;5*1-2;;/h1-20H,21H2;11-13H,1-10H2;1H,2H2;;;;;;/q;;-1;;;;;;. The molecular weight excluding hydrogens is 785 g/mol. The van der Waals surface area contributed by atoms with Crippen molar-refractivity contribution >= 4 is 45.6 Å². The second-order valence-electron chi connectivity index (χ2n) is 11.2. The average molecular weight is 833 g/mol. The van der Waals surface area contributed by atoms with Gasteiger partial charge in [-0.05, 0) is 74.1 Å². The summed E-state index contributed by atoms with van der Waals surface area (Å²) >= 11 is 0. The largest absolute Gasteiger partial charge is 0.521 e. The van der Waals surface area contributed by atoms with Gasteiger partial charge in [-0.25, -0.2) is 0 Å². The normalized spacial score (nSPS) is 12.9. The maximum absolute atomic E-state index is 7.50. The van der Waals surface area contributed by atoms with Crippen LogP contribution in [0.2, 0.25) is 0 Å². The van der Waals surface area contributed by atoms with Crippen molar-refractivity contribution in [2.24, 2.45) is 0 Å². The third-order valence-electron chi connectivity index (χ3n) is 8.24. The van der Waals surface area contributed by atoms with Crippen molar-refractivity contribution in [3.05, 3.63) is 161 Å². The van der Waals surface area contributed by atoms with Gasteiger partial charge in [-0.1, -0.05) is 160 Å². The van der Waals surface area contributed by atoms with E-state index >= 15 is 0 Å². The second kappa shape index (κ2) is 38.6. The first-order valence-electron chi connectivity index (χ1n) is 16.6. The monoisotopic (exact) mass is 833 g/mol. The smallest absolute Gasteiger partial charge is 0.00405 e. The number of benzene rings is 4. The van der Waals surface area contributed by atoms with Gasteiger partial charge in [0, 0.05) is 40.0 Å². The molecule has 4 aromatic rings. The van der Waals surface area contributed by atoms with Crippen LogP contribution in [0, 0.1) is 33.2 Å². The predicted molar refractivity (Wildman–Crippen MR) is 211 cm³/mol. The van der Waals surface area contributed by atoms with Gasteiger partial charge in [0.05, 0.1) is 0 Å². The quantitative estimate of drug-likeness (QED) is 0.0734. The Morgan fingerprint density at radius 2 is 0.654 bits per heavy atom. The molecule has 4 nitrogen and oxygen atoms in total. The van der Waals surface area contributed by atoms with Gasteiger partial charge in [0.2, 0.25) is 0 Å². The van der Waals surface area contributed by atoms with Crippen molar-refractivity contribution in [2.75, 3.05) is 5.90 Å². The Labute approximate surface area is 338 Å². The van der Waals surface area contributed by atoms with Crippen molar-refractivity contribution in [3.63, 3.8) is 0 Å². The molecule has 0 aliphatic heterocycles. The fourth-order valence-corrected chi connectivity index (χ4v) is 14.7. The molecular formula is C43H48Fe2O4P3-. The molecule has 0 unspecified atom stereocenters. The molecule has 0 saturated heterocycles. The van der Waals surface area contributed by atoms with E-state index in [4.69, 9.17) is 18.6 Å². The summed E-state index contributed by atoms with van der Waals surface area (Å²) in [5.74, 6) is 1.17. The molecule has 0 N–H and O–H groups in total. The molecule has 0 bridgehead atoms. The van der Waals surface area contributed by atoms with Crippen LogP contribution in [0.25, 0.3) is 0 Å². The van der Waals surface area contributed by atoms with Crippen molar-refractivity contribution in [1.29, 1.82) is 0 Å². The first-order chi connectivity index (χ1) is 24.9. The first-order valence-corrected chi connectivity index (χ1v) is 20.8. The van der Waals surface area contributed by atoms with Crippen LogP contribution in [-0.4, -0.2) is 17.2 Å². The SMILES string of the molecule is C1CCC(PC2CCCCC2)CC1.[C-]#[O+].[C-]#[O+].[C-]#[O+].[C-]#[O+].[CH-]=C.[Fe].[Fe].c1ccc(P(CP(c2ccccc2)c2ccccc2)c2ccccc2)cc1. The molecule has 0 aromatic heterocycles. The van der Waals surface area contributed by atoms with Gasteiger partial charge in [-0.2, -0.15) is 0 Å². The van der Waals surface area contributed by atoms with Crippen LogP contribution in [0.15, 0.2) is 128 Å². The predicted octanol–water partition coefficient (Wildman–Crippen LogP) is 9.99. The molecule has 4 aromatic carbocycles. The minimum atomic E-state index is -0.409. The van der Waals surface area contributed by atoms with Gasteiger partial charge in [-0.15, -0.1) is 8.58 Å². The van der Waals surface area contributed by atoms with Crippen LogP contribution in [0.4, 0.5) is 0 Å². The van der Waals surface area contributed by atoms with Crippen LogP contribution in [-0.2, 0) is 52.7 Å². The molecule has 0 amide bonds. The molecule has 0 radical (unpaired) electrons. The van der Waals surface area contributed by atoms with E-state index in [-0.39, 0.29) is 34.1 Å². The topological polar surface area (TPSA) is 79.6 Å². The average Bonchev–Trinajstić information content (AvgIpc) is 3.24. The third-order valence-corrected chi connectivity index (χ3v) is 16.3. The third kappa shape index (κ3) is 21.6. The van der Waals surface area contributed by atoms with Crippen LogP contribution in [0.5, 0.6) is 0 Å². The summed E-state index contributed by atoms with van der Waals surface area (Å²) in [7, 11) is 0.513. The number of hydrogen-bond donors (Lipinski definition) is 0. The molecule has 2 fully saturated rings. The fraction of sp³-hybridized carbons (Fsp3) is 0.302. The van der Waals surface area contributed by atoms with E-state index in [2.05, 4.69) is 161 Å². The molecule has 2 saturated carbocycles. The Morgan fingerprint density at radius 3 is 0.865 bits per heavy atom. The van der Waals surface area contributed by atoms with Gasteiger partial charge >= 0.3 is 45.2 Å². The van der Waals surface area contributed by atoms with E-state index in [9.17, 15) is 0 Å². The molecule has 9 heteroatoms. The molecule has 2 aliphatic rings. The Balaban J connectivity index is -0.000000813. The first kappa shape index (κ1) is 54.3. The maximum Gasteiger partial charge on any atom is 0.00405 e. The summed E-state index contributed by atoms with van der Waals surface area (Å²) in [6.07, 6.45) is 15.4. The van der Waals surface area contributed by atoms with E-state index in [0.717, 1.165) is 11.3 Å². The van der Waals surface area contributed by atoms with Crippen LogP contribution >= 0.6 is 24.4 Å². The van der Waals surface area contributed by atoms with Gasteiger partial charge < -0.3 is 6.58 Å². The van der Waals surface area contributed by atoms with Crippen molar-refractivity contribution in [3.8, 4) is 0 Å². The Hall–Kier alpha value is -2.09. The number of rotatable bonds is 8. The Bertz CT molecular complexity index is 1230. The molecule has 0 spiro atoms. The van der Waals surface area contributed by atoms with Gasteiger partial charge in [0.15, 0.2) is 0 Å². The van der Waals surface area contributed by atoms with Crippen molar-refractivity contribution < 1.29 is 52.7 Å². The van der Waals surface area contributed by atoms with E-state index in [1.54, 1.807) is 25.7 Å². The van der Waals surface area contributed by atoms with Crippen molar-refractivity contribution in [2.45, 2.75) is 75.5 Å². The van der Waals surface area contributed by atoms with E-state index < -0.39 is 15.8 Å². The molecule has 52 heavy (non-hydrogen) atoms. The molecule has 276 valence electrons. The van der Waals surface area contributed by atoms with Crippen LogP contribution < -0.4 is 21.2 Å². The fourth-order valence-electron chi connectivity index (χ4n) is 6.07. The Kier molecular flexibility index (Phi) is 40.3. The second-order valence-corrected chi connectivity index (χ2v) is 18.1. The summed E-state index contributed by atoms with van der Waals surface area (Å²) in [5.41, 5.74) is 2.30. The van der Waals surface area contributed by atoms with Crippen molar-refractivity contribution in [1.82, 2.24) is 0 Å². The molecule has 6 rings (SSSR count). The van der Waals surface area contributed by atoms with Gasteiger partial charge in [0.1, 0.15) is 0 Å². The van der Waals surface area contributed by atoms with E-state index in [1.165, 1.54) is 74.2 Å². The summed E-state index contributed by atoms with van der Waals surface area (Å²) in [4.78, 5) is 0. The minimum Gasteiger partial charge on any atom is -0.521 e. The van der Waals surface area contributed by atoms with Gasteiger partial charge in [0.25, 0.3) is 0 Å². The zero-order chi connectivity index (χ0) is 37.2. The van der Waals surface area contributed by atoms with Crippen LogP contribution in [0.1, 0.15) is 64.2 Å². The van der Waals surface area contributed by atoms with Crippen LogP contribution in [0.3, 0.4) is 0 Å². The minimum absolute atomic E-state index is 0. The molecule has 0 heterocycles. The summed E-state index contributed by atoms with van der Waals surface area (Å²) in [6.45, 7) is 25.0. The number of hydrogen-bond acceptors (Lipinski definition) is 0. The zero-order valence-corrected chi connectivity index (χ0v) is 34.5. The summed E-state index contributed by atoms with van der Waals surface area (Å²) in [6, 6.07) is 44.1. The molecule has 0 atom stereocenters. The maximum atomic E-state index is 7.50. The summed E-state index contributed by atoms with van der Waals surface area (Å²) in [5, 5.41) is 5.83. The summed E-state index contributed by atoms with van der Waals surface area (Å²) < 4.78 is 30.0. The van der Waals surface area contributed by atoms with Gasteiger partial charge in [-0.3, -0.25) is 6.58 Å².